The van der Waals surface area contributed by atoms with Crippen LogP contribution in [-0.2, 0) is 4.79 Å². The van der Waals surface area contributed by atoms with Gasteiger partial charge in [0.1, 0.15) is 0 Å². The molecule has 0 radical (unpaired) electrons. The van der Waals surface area contributed by atoms with Crippen molar-refractivity contribution >= 4 is 5.91 Å². The summed E-state index contributed by atoms with van der Waals surface area (Å²) in [7, 11) is 0. The van der Waals surface area contributed by atoms with Gasteiger partial charge in [0.15, 0.2) is 0 Å². The van der Waals surface area contributed by atoms with E-state index in [9.17, 15) is 4.79 Å². The van der Waals surface area contributed by atoms with Crippen molar-refractivity contribution < 1.29 is 4.79 Å². The predicted molar refractivity (Wildman–Crippen MR) is 83.6 cm³/mol. The molecular weight excluding hydrogens is 248 g/mol. The molecule has 1 saturated carbocycles. The second-order valence-corrected chi connectivity index (χ2v) is 6.79. The van der Waals surface area contributed by atoms with Gasteiger partial charge in [0, 0.05) is 25.0 Å². The Hall–Kier alpha value is -0.570. The summed E-state index contributed by atoms with van der Waals surface area (Å²) in [5.74, 6) is 1.40. The third-order valence-electron chi connectivity index (χ3n) is 5.09. The molecule has 0 aromatic heterocycles. The second-order valence-electron chi connectivity index (χ2n) is 6.79. The average molecular weight is 280 g/mol. The van der Waals surface area contributed by atoms with E-state index in [-0.39, 0.29) is 5.92 Å². The van der Waals surface area contributed by atoms with Gasteiger partial charge in [-0.2, -0.15) is 0 Å². The molecule has 2 atom stereocenters. The molecule has 116 valence electrons. The van der Waals surface area contributed by atoms with Crippen LogP contribution in [0.15, 0.2) is 0 Å². The zero-order valence-corrected chi connectivity index (χ0v) is 13.4. The average Bonchev–Trinajstić information content (AvgIpc) is 2.48. The van der Waals surface area contributed by atoms with Gasteiger partial charge in [0.2, 0.25) is 5.91 Å². The lowest BCUT2D eigenvalue weighted by Gasteiger charge is -2.38. The van der Waals surface area contributed by atoms with Crippen LogP contribution in [0.5, 0.6) is 0 Å². The van der Waals surface area contributed by atoms with Crippen LogP contribution in [-0.4, -0.2) is 36.5 Å². The van der Waals surface area contributed by atoms with Crippen molar-refractivity contribution in [3.63, 3.8) is 0 Å². The largest absolute Gasteiger partial charge is 0.341 e. The minimum Gasteiger partial charge on any atom is -0.341 e. The molecule has 1 heterocycles. The van der Waals surface area contributed by atoms with Crippen molar-refractivity contribution in [1.29, 1.82) is 0 Å². The Kier molecular flexibility index (Phi) is 6.34. The van der Waals surface area contributed by atoms with E-state index in [0.29, 0.717) is 11.9 Å². The number of nitrogens with one attached hydrogen (secondary N) is 1. The van der Waals surface area contributed by atoms with Crippen LogP contribution in [0.3, 0.4) is 0 Å². The first kappa shape index (κ1) is 15.8. The van der Waals surface area contributed by atoms with Gasteiger partial charge in [-0.05, 0) is 44.6 Å². The van der Waals surface area contributed by atoms with Crippen molar-refractivity contribution in [3.05, 3.63) is 0 Å². The van der Waals surface area contributed by atoms with Crippen LogP contribution in [0.1, 0.15) is 65.2 Å². The number of carbonyl (C=O) groups is 1. The number of carbonyl (C=O) groups excluding carboxylic acids is 1. The molecule has 1 aliphatic heterocycles. The monoisotopic (exact) mass is 280 g/mol. The number of nitrogens with zero attached hydrogens (tertiary/aromatic N) is 1. The fraction of sp³-hybridized carbons (Fsp3) is 0.941. The highest BCUT2D eigenvalue weighted by molar-refractivity contribution is 5.79. The summed E-state index contributed by atoms with van der Waals surface area (Å²) >= 11 is 0. The van der Waals surface area contributed by atoms with Gasteiger partial charge in [-0.1, -0.05) is 33.1 Å². The molecule has 3 heteroatoms. The Balaban J connectivity index is 1.93. The minimum absolute atomic E-state index is 0.238. The quantitative estimate of drug-likeness (QED) is 0.810. The Morgan fingerprint density at radius 2 is 1.95 bits per heavy atom. The van der Waals surface area contributed by atoms with E-state index < -0.39 is 0 Å². The fourth-order valence-corrected chi connectivity index (χ4v) is 3.80. The lowest BCUT2D eigenvalue weighted by molar-refractivity contribution is -0.138. The normalized spacial score (nSPS) is 26.8. The summed E-state index contributed by atoms with van der Waals surface area (Å²) in [5, 5.41) is 3.73. The van der Waals surface area contributed by atoms with Gasteiger partial charge >= 0.3 is 0 Å². The van der Waals surface area contributed by atoms with Crippen LogP contribution in [0, 0.1) is 11.8 Å². The van der Waals surface area contributed by atoms with E-state index in [1.165, 1.54) is 44.9 Å². The number of hydrogen-bond donors (Lipinski definition) is 1. The molecular formula is C17H32N2O. The number of piperidine rings is 1. The summed E-state index contributed by atoms with van der Waals surface area (Å²) in [5.41, 5.74) is 0. The van der Waals surface area contributed by atoms with Gasteiger partial charge in [-0.25, -0.2) is 0 Å². The first-order valence-corrected chi connectivity index (χ1v) is 8.74. The Morgan fingerprint density at radius 3 is 2.65 bits per heavy atom. The fourth-order valence-electron chi connectivity index (χ4n) is 3.80. The molecule has 1 aliphatic carbocycles. The third kappa shape index (κ3) is 4.21. The summed E-state index contributed by atoms with van der Waals surface area (Å²) < 4.78 is 0. The first-order valence-electron chi connectivity index (χ1n) is 8.74. The van der Waals surface area contributed by atoms with Gasteiger partial charge < -0.3 is 10.2 Å². The van der Waals surface area contributed by atoms with Gasteiger partial charge in [0.05, 0.1) is 0 Å². The maximum Gasteiger partial charge on any atom is 0.225 e. The van der Waals surface area contributed by atoms with Gasteiger partial charge in [-0.3, -0.25) is 4.79 Å². The molecule has 20 heavy (non-hydrogen) atoms. The topological polar surface area (TPSA) is 32.3 Å². The molecule has 2 rings (SSSR count). The van der Waals surface area contributed by atoms with E-state index in [1.54, 1.807) is 0 Å². The standard InChI is InChI=1S/C17H32N2O/c1-3-11-18-16(15-9-5-4-6-10-15)13-19-12-7-8-14(2)17(19)20/h14-16,18H,3-13H2,1-2H3. The summed E-state index contributed by atoms with van der Waals surface area (Å²) in [6.07, 6.45) is 10.3. The highest BCUT2D eigenvalue weighted by Gasteiger charge is 2.30. The highest BCUT2D eigenvalue weighted by Crippen LogP contribution is 2.28. The molecule has 2 unspecified atom stereocenters. The first-order chi connectivity index (χ1) is 9.72. The summed E-state index contributed by atoms with van der Waals surface area (Å²) in [6.45, 7) is 7.30. The molecule has 0 aromatic carbocycles. The zero-order chi connectivity index (χ0) is 14.4. The highest BCUT2D eigenvalue weighted by atomic mass is 16.2. The number of likely N-dealkylation sites (tertiary alicyclic amines) is 1. The molecule has 2 fully saturated rings. The smallest absolute Gasteiger partial charge is 0.225 e. The van der Waals surface area contributed by atoms with Crippen LogP contribution in [0.25, 0.3) is 0 Å². The lowest BCUT2D eigenvalue weighted by Crippen LogP contribution is -2.51. The Morgan fingerprint density at radius 1 is 1.20 bits per heavy atom. The van der Waals surface area contributed by atoms with Crippen molar-refractivity contribution in [2.24, 2.45) is 11.8 Å². The van der Waals surface area contributed by atoms with Gasteiger partial charge in [-0.15, -0.1) is 0 Å². The van der Waals surface area contributed by atoms with Crippen molar-refractivity contribution in [2.75, 3.05) is 19.6 Å². The van der Waals surface area contributed by atoms with Crippen LogP contribution in [0.4, 0.5) is 0 Å². The van der Waals surface area contributed by atoms with Crippen LogP contribution < -0.4 is 5.32 Å². The summed E-state index contributed by atoms with van der Waals surface area (Å²) in [4.78, 5) is 14.5. The number of hydrogen-bond acceptors (Lipinski definition) is 2. The molecule has 0 aromatic rings. The maximum atomic E-state index is 12.3. The Bertz CT molecular complexity index is 299. The van der Waals surface area contributed by atoms with Gasteiger partial charge in [0.25, 0.3) is 0 Å². The third-order valence-corrected chi connectivity index (χ3v) is 5.09. The van der Waals surface area contributed by atoms with Crippen LogP contribution >= 0.6 is 0 Å². The molecule has 0 bridgehead atoms. The maximum absolute atomic E-state index is 12.3. The van der Waals surface area contributed by atoms with Crippen molar-refractivity contribution in [1.82, 2.24) is 10.2 Å². The molecule has 1 N–H and O–H groups in total. The SMILES string of the molecule is CCCNC(CN1CCCC(C)C1=O)C1CCCCC1. The van der Waals surface area contributed by atoms with E-state index in [2.05, 4.69) is 24.1 Å². The minimum atomic E-state index is 0.238. The molecule has 0 spiro atoms. The lowest BCUT2D eigenvalue weighted by atomic mass is 9.83. The van der Waals surface area contributed by atoms with E-state index >= 15 is 0 Å². The summed E-state index contributed by atoms with van der Waals surface area (Å²) in [6, 6.07) is 0.518. The Labute approximate surface area is 124 Å². The second kappa shape index (κ2) is 8.02. The van der Waals surface area contributed by atoms with E-state index in [1.807, 2.05) is 0 Å². The number of rotatable bonds is 6. The zero-order valence-electron chi connectivity index (χ0n) is 13.4. The predicted octanol–water partition coefficient (Wildman–Crippen LogP) is 3.19. The van der Waals surface area contributed by atoms with Crippen molar-refractivity contribution in [3.8, 4) is 0 Å². The van der Waals surface area contributed by atoms with E-state index in [0.717, 1.165) is 32.0 Å². The van der Waals surface area contributed by atoms with Crippen molar-refractivity contribution in [2.45, 2.75) is 71.3 Å². The van der Waals surface area contributed by atoms with E-state index in [4.69, 9.17) is 0 Å². The number of amides is 1. The molecule has 3 nitrogen and oxygen atoms in total. The molecule has 1 amide bonds. The van der Waals surface area contributed by atoms with Crippen LogP contribution in [0.2, 0.25) is 0 Å². The molecule has 1 saturated heterocycles. The molecule has 2 aliphatic rings.